The smallest absolute Gasteiger partial charge is 0.237 e. The minimum Gasteiger partial charge on any atom is -0.348 e. The highest BCUT2D eigenvalue weighted by Gasteiger charge is 2.30. The van der Waals surface area contributed by atoms with Gasteiger partial charge < -0.3 is 5.32 Å². The van der Waals surface area contributed by atoms with Gasteiger partial charge in [-0.2, -0.15) is 0 Å². The second kappa shape index (κ2) is 5.33. The van der Waals surface area contributed by atoms with Gasteiger partial charge in [0.15, 0.2) is 0 Å². The Bertz CT molecular complexity index is 472. The molecule has 1 unspecified atom stereocenters. The van der Waals surface area contributed by atoms with Crippen molar-refractivity contribution in [1.29, 1.82) is 0 Å². The average molecular weight is 258 g/mol. The molecule has 0 saturated carbocycles. The van der Waals surface area contributed by atoms with Gasteiger partial charge in [0.1, 0.15) is 0 Å². The zero-order valence-electron chi connectivity index (χ0n) is 11.6. The first-order valence-electron chi connectivity index (χ1n) is 7.34. The standard InChI is InChI=1S/C16H22N2O/c1-18-11-5-10-15(18)16(19)17-14-9-4-7-12-6-2-3-8-13(12)14/h2-3,6,8,14-15H,4-5,7,9-11H2,1H3,(H,17,19)/t14?,15-/m0/s1. The number of amides is 1. The largest absolute Gasteiger partial charge is 0.348 e. The SMILES string of the molecule is CN1CCC[C@H]1C(=O)NC1CCCc2ccccc21. The molecule has 19 heavy (non-hydrogen) atoms. The van der Waals surface area contributed by atoms with Crippen LogP contribution in [0.3, 0.4) is 0 Å². The van der Waals surface area contributed by atoms with E-state index in [2.05, 4.69) is 34.5 Å². The molecule has 1 aromatic carbocycles. The maximum Gasteiger partial charge on any atom is 0.237 e. The van der Waals surface area contributed by atoms with E-state index in [9.17, 15) is 4.79 Å². The van der Waals surface area contributed by atoms with Crippen LogP contribution < -0.4 is 5.32 Å². The van der Waals surface area contributed by atoms with Crippen LogP contribution in [0.5, 0.6) is 0 Å². The number of benzene rings is 1. The molecule has 2 atom stereocenters. The topological polar surface area (TPSA) is 32.3 Å². The molecule has 1 heterocycles. The number of nitrogens with one attached hydrogen (secondary N) is 1. The van der Waals surface area contributed by atoms with Crippen LogP contribution in [0.4, 0.5) is 0 Å². The summed E-state index contributed by atoms with van der Waals surface area (Å²) in [6, 6.07) is 8.81. The van der Waals surface area contributed by atoms with Crippen molar-refractivity contribution in [3.05, 3.63) is 35.4 Å². The van der Waals surface area contributed by atoms with Crippen molar-refractivity contribution in [1.82, 2.24) is 10.2 Å². The Morgan fingerprint density at radius 2 is 2.11 bits per heavy atom. The van der Waals surface area contributed by atoms with Crippen LogP contribution in [0.25, 0.3) is 0 Å². The molecule has 0 spiro atoms. The van der Waals surface area contributed by atoms with Crippen molar-refractivity contribution in [3.8, 4) is 0 Å². The lowest BCUT2D eigenvalue weighted by molar-refractivity contribution is -0.125. The van der Waals surface area contributed by atoms with Crippen molar-refractivity contribution in [2.75, 3.05) is 13.6 Å². The number of carbonyl (C=O) groups is 1. The molecule has 3 nitrogen and oxygen atoms in total. The molecular weight excluding hydrogens is 236 g/mol. The van der Waals surface area contributed by atoms with E-state index in [-0.39, 0.29) is 18.0 Å². The number of likely N-dealkylation sites (tertiary alicyclic amines) is 1. The minimum atomic E-state index is 0.0779. The lowest BCUT2D eigenvalue weighted by atomic mass is 9.87. The van der Waals surface area contributed by atoms with Crippen molar-refractivity contribution in [2.24, 2.45) is 0 Å². The summed E-state index contributed by atoms with van der Waals surface area (Å²) in [6.07, 6.45) is 5.51. The van der Waals surface area contributed by atoms with Gasteiger partial charge in [0.05, 0.1) is 12.1 Å². The third-order valence-corrected chi connectivity index (χ3v) is 4.51. The first-order chi connectivity index (χ1) is 9.25. The zero-order chi connectivity index (χ0) is 13.2. The average Bonchev–Trinajstić information content (AvgIpc) is 2.85. The summed E-state index contributed by atoms with van der Waals surface area (Å²) < 4.78 is 0. The molecular formula is C16H22N2O. The summed E-state index contributed by atoms with van der Waals surface area (Å²) in [5.41, 5.74) is 2.72. The second-order valence-electron chi connectivity index (χ2n) is 5.79. The molecule has 0 aromatic heterocycles. The lowest BCUT2D eigenvalue weighted by Gasteiger charge is -2.28. The highest BCUT2D eigenvalue weighted by atomic mass is 16.2. The number of carbonyl (C=O) groups excluding carboxylic acids is 1. The van der Waals surface area contributed by atoms with Crippen LogP contribution in [0.1, 0.15) is 42.9 Å². The molecule has 102 valence electrons. The Hall–Kier alpha value is -1.35. The van der Waals surface area contributed by atoms with Crippen LogP contribution in [-0.2, 0) is 11.2 Å². The van der Waals surface area contributed by atoms with E-state index in [0.29, 0.717) is 0 Å². The van der Waals surface area contributed by atoms with Gasteiger partial charge in [0, 0.05) is 0 Å². The van der Waals surface area contributed by atoms with E-state index < -0.39 is 0 Å². The van der Waals surface area contributed by atoms with Crippen LogP contribution in [0.15, 0.2) is 24.3 Å². The van der Waals surface area contributed by atoms with Gasteiger partial charge in [-0.05, 0) is 56.8 Å². The summed E-state index contributed by atoms with van der Waals surface area (Å²) in [5, 5.41) is 3.27. The number of likely N-dealkylation sites (N-methyl/N-ethyl adjacent to an activating group) is 1. The molecule has 1 aromatic rings. The quantitative estimate of drug-likeness (QED) is 0.882. The van der Waals surface area contributed by atoms with E-state index >= 15 is 0 Å². The number of rotatable bonds is 2. The maximum atomic E-state index is 12.4. The Kier molecular flexibility index (Phi) is 3.56. The molecule has 0 bridgehead atoms. The fourth-order valence-electron chi connectivity index (χ4n) is 3.41. The van der Waals surface area contributed by atoms with Gasteiger partial charge in [-0.25, -0.2) is 0 Å². The molecule has 1 N–H and O–H groups in total. The van der Waals surface area contributed by atoms with E-state index in [0.717, 1.165) is 32.2 Å². The Balaban J connectivity index is 1.72. The second-order valence-corrected chi connectivity index (χ2v) is 5.79. The van der Waals surface area contributed by atoms with E-state index in [1.54, 1.807) is 0 Å². The summed E-state index contributed by atoms with van der Waals surface area (Å²) in [4.78, 5) is 14.6. The molecule has 1 saturated heterocycles. The Morgan fingerprint density at radius 1 is 1.26 bits per heavy atom. The third-order valence-electron chi connectivity index (χ3n) is 4.51. The zero-order valence-corrected chi connectivity index (χ0v) is 11.6. The summed E-state index contributed by atoms with van der Waals surface area (Å²) in [7, 11) is 2.05. The molecule has 3 heteroatoms. The van der Waals surface area contributed by atoms with E-state index in [1.165, 1.54) is 17.5 Å². The van der Waals surface area contributed by atoms with Crippen LogP contribution in [0.2, 0.25) is 0 Å². The predicted molar refractivity (Wildman–Crippen MR) is 75.9 cm³/mol. The van der Waals surface area contributed by atoms with Gasteiger partial charge in [-0.15, -0.1) is 0 Å². The van der Waals surface area contributed by atoms with Gasteiger partial charge in [0.2, 0.25) is 5.91 Å². The van der Waals surface area contributed by atoms with Crippen molar-refractivity contribution < 1.29 is 4.79 Å². The molecule has 1 fully saturated rings. The number of aryl methyl sites for hydroxylation is 1. The Labute approximate surface area is 115 Å². The van der Waals surface area contributed by atoms with Gasteiger partial charge >= 0.3 is 0 Å². The maximum absolute atomic E-state index is 12.4. The highest BCUT2D eigenvalue weighted by Crippen LogP contribution is 2.30. The third kappa shape index (κ3) is 2.52. The van der Waals surface area contributed by atoms with Gasteiger partial charge in [0.25, 0.3) is 0 Å². The van der Waals surface area contributed by atoms with Crippen molar-refractivity contribution in [3.63, 3.8) is 0 Å². The fraction of sp³-hybridized carbons (Fsp3) is 0.562. The Morgan fingerprint density at radius 3 is 2.89 bits per heavy atom. The molecule has 0 radical (unpaired) electrons. The van der Waals surface area contributed by atoms with Gasteiger partial charge in [-0.1, -0.05) is 24.3 Å². The summed E-state index contributed by atoms with van der Waals surface area (Å²) >= 11 is 0. The van der Waals surface area contributed by atoms with Crippen LogP contribution in [-0.4, -0.2) is 30.4 Å². The van der Waals surface area contributed by atoms with Gasteiger partial charge in [-0.3, -0.25) is 9.69 Å². The fourth-order valence-corrected chi connectivity index (χ4v) is 3.41. The van der Waals surface area contributed by atoms with Crippen molar-refractivity contribution >= 4 is 5.91 Å². The highest BCUT2D eigenvalue weighted by molar-refractivity contribution is 5.82. The first-order valence-corrected chi connectivity index (χ1v) is 7.34. The summed E-state index contributed by atoms with van der Waals surface area (Å²) in [6.45, 7) is 1.04. The molecule has 1 aliphatic heterocycles. The number of hydrogen-bond donors (Lipinski definition) is 1. The monoisotopic (exact) mass is 258 g/mol. The molecule has 1 aliphatic carbocycles. The molecule has 1 amide bonds. The first kappa shape index (κ1) is 12.7. The van der Waals surface area contributed by atoms with E-state index in [4.69, 9.17) is 0 Å². The number of nitrogens with zero attached hydrogens (tertiary/aromatic N) is 1. The van der Waals surface area contributed by atoms with Crippen LogP contribution in [0, 0.1) is 0 Å². The molecule has 2 aliphatic rings. The lowest BCUT2D eigenvalue weighted by Crippen LogP contribution is -2.43. The number of hydrogen-bond acceptors (Lipinski definition) is 2. The minimum absolute atomic E-state index is 0.0779. The van der Waals surface area contributed by atoms with E-state index in [1.807, 2.05) is 7.05 Å². The predicted octanol–water partition coefficient (Wildman–Crippen LogP) is 2.27. The normalized spacial score (nSPS) is 27.0. The number of fused-ring (bicyclic) bond motifs is 1. The molecule has 3 rings (SSSR count). The van der Waals surface area contributed by atoms with Crippen LogP contribution >= 0.6 is 0 Å². The van der Waals surface area contributed by atoms with Crippen molar-refractivity contribution in [2.45, 2.75) is 44.2 Å². The summed E-state index contributed by atoms with van der Waals surface area (Å²) in [5.74, 6) is 0.210.